The van der Waals surface area contributed by atoms with Gasteiger partial charge in [0.1, 0.15) is 0 Å². The molecular formula is C15H16Cl2N2. The van der Waals surface area contributed by atoms with Crippen molar-refractivity contribution in [2.45, 2.75) is 19.9 Å². The second kappa shape index (κ2) is 6.78. The topological polar surface area (TPSA) is 16.1 Å². The van der Waals surface area contributed by atoms with E-state index in [1.54, 1.807) is 12.3 Å². The monoisotopic (exact) mass is 294 g/mol. The van der Waals surface area contributed by atoms with Gasteiger partial charge in [0.15, 0.2) is 0 Å². The SMILES string of the molecule is CCCN(Cc1cccnc1)c1ccc(Cl)cc1Cl. The zero-order valence-electron chi connectivity index (χ0n) is 10.8. The second-order valence-corrected chi connectivity index (χ2v) is 5.22. The smallest absolute Gasteiger partial charge is 0.0654 e. The fourth-order valence-electron chi connectivity index (χ4n) is 2.00. The molecule has 0 fully saturated rings. The Bertz CT molecular complexity index is 529. The summed E-state index contributed by atoms with van der Waals surface area (Å²) in [6.45, 7) is 3.89. The van der Waals surface area contributed by atoms with Crippen molar-refractivity contribution in [3.63, 3.8) is 0 Å². The van der Waals surface area contributed by atoms with Gasteiger partial charge in [0.25, 0.3) is 0 Å². The van der Waals surface area contributed by atoms with E-state index in [9.17, 15) is 0 Å². The highest BCUT2D eigenvalue weighted by molar-refractivity contribution is 6.36. The van der Waals surface area contributed by atoms with Crippen LogP contribution >= 0.6 is 23.2 Å². The molecule has 0 unspecified atom stereocenters. The predicted octanol–water partition coefficient (Wildman–Crippen LogP) is 4.81. The Morgan fingerprint density at radius 3 is 2.68 bits per heavy atom. The largest absolute Gasteiger partial charge is 0.366 e. The molecular weight excluding hydrogens is 279 g/mol. The molecule has 0 aliphatic carbocycles. The van der Waals surface area contributed by atoms with Crippen LogP contribution in [0.1, 0.15) is 18.9 Å². The Hall–Kier alpha value is -1.25. The molecule has 4 heteroatoms. The number of aromatic nitrogens is 1. The van der Waals surface area contributed by atoms with Crippen LogP contribution in [0, 0.1) is 0 Å². The van der Waals surface area contributed by atoms with E-state index < -0.39 is 0 Å². The molecule has 0 amide bonds. The highest BCUT2D eigenvalue weighted by Crippen LogP contribution is 2.29. The van der Waals surface area contributed by atoms with E-state index in [0.717, 1.165) is 25.2 Å². The van der Waals surface area contributed by atoms with E-state index in [-0.39, 0.29) is 0 Å². The minimum absolute atomic E-state index is 0.659. The highest BCUT2D eigenvalue weighted by Gasteiger charge is 2.10. The fraction of sp³-hybridized carbons (Fsp3) is 0.267. The molecule has 1 aromatic carbocycles. The van der Waals surface area contributed by atoms with Crippen molar-refractivity contribution in [2.24, 2.45) is 0 Å². The number of hydrogen-bond acceptors (Lipinski definition) is 2. The third-order valence-electron chi connectivity index (χ3n) is 2.84. The molecule has 100 valence electrons. The first-order valence-corrected chi connectivity index (χ1v) is 7.05. The number of rotatable bonds is 5. The van der Waals surface area contributed by atoms with Crippen molar-refractivity contribution in [3.05, 3.63) is 58.3 Å². The zero-order chi connectivity index (χ0) is 13.7. The number of halogens is 2. The van der Waals surface area contributed by atoms with Gasteiger partial charge in [0.05, 0.1) is 10.7 Å². The number of nitrogens with zero attached hydrogens (tertiary/aromatic N) is 2. The maximum absolute atomic E-state index is 6.28. The van der Waals surface area contributed by atoms with E-state index in [0.29, 0.717) is 10.0 Å². The molecule has 1 heterocycles. The van der Waals surface area contributed by atoms with Crippen LogP contribution < -0.4 is 4.90 Å². The highest BCUT2D eigenvalue weighted by atomic mass is 35.5. The number of pyridine rings is 1. The lowest BCUT2D eigenvalue weighted by atomic mass is 10.2. The van der Waals surface area contributed by atoms with Crippen LogP contribution in [-0.2, 0) is 6.54 Å². The Morgan fingerprint density at radius 1 is 1.21 bits per heavy atom. The third kappa shape index (κ3) is 3.85. The Kier molecular flexibility index (Phi) is 5.06. The molecule has 0 aliphatic heterocycles. The molecule has 0 atom stereocenters. The van der Waals surface area contributed by atoms with E-state index >= 15 is 0 Å². The van der Waals surface area contributed by atoms with Gasteiger partial charge in [-0.1, -0.05) is 36.2 Å². The van der Waals surface area contributed by atoms with Gasteiger partial charge in [-0.25, -0.2) is 0 Å². The van der Waals surface area contributed by atoms with Crippen LogP contribution in [0.3, 0.4) is 0 Å². The van der Waals surface area contributed by atoms with Crippen LogP contribution in [0.5, 0.6) is 0 Å². The molecule has 0 spiro atoms. The van der Waals surface area contributed by atoms with Gasteiger partial charge in [-0.15, -0.1) is 0 Å². The second-order valence-electron chi connectivity index (χ2n) is 4.38. The van der Waals surface area contributed by atoms with Crippen LogP contribution in [0.4, 0.5) is 5.69 Å². The molecule has 0 aliphatic rings. The first-order valence-electron chi connectivity index (χ1n) is 6.29. The number of anilines is 1. The van der Waals surface area contributed by atoms with Crippen LogP contribution in [-0.4, -0.2) is 11.5 Å². The zero-order valence-corrected chi connectivity index (χ0v) is 12.3. The summed E-state index contributed by atoms with van der Waals surface area (Å²) in [5.74, 6) is 0. The fourth-order valence-corrected chi connectivity index (χ4v) is 2.53. The summed E-state index contributed by atoms with van der Waals surface area (Å²) in [4.78, 5) is 6.39. The van der Waals surface area contributed by atoms with Crippen molar-refractivity contribution >= 4 is 28.9 Å². The Labute approximate surface area is 124 Å². The van der Waals surface area contributed by atoms with E-state index in [1.807, 2.05) is 24.4 Å². The summed E-state index contributed by atoms with van der Waals surface area (Å²) in [5, 5.41) is 1.34. The quantitative estimate of drug-likeness (QED) is 0.787. The van der Waals surface area contributed by atoms with Crippen molar-refractivity contribution in [1.29, 1.82) is 0 Å². The van der Waals surface area contributed by atoms with Crippen molar-refractivity contribution < 1.29 is 0 Å². The van der Waals surface area contributed by atoms with Crippen molar-refractivity contribution in [3.8, 4) is 0 Å². The minimum atomic E-state index is 0.659. The standard InChI is InChI=1S/C15H16Cl2N2/c1-2-8-19(11-12-4-3-7-18-10-12)15-6-5-13(16)9-14(15)17/h3-7,9-10H,2,8,11H2,1H3. The number of hydrogen-bond donors (Lipinski definition) is 0. The molecule has 2 aromatic rings. The minimum Gasteiger partial charge on any atom is -0.366 e. The normalized spacial score (nSPS) is 10.5. The Balaban J connectivity index is 2.24. The molecule has 0 saturated carbocycles. The maximum Gasteiger partial charge on any atom is 0.0654 e. The van der Waals surface area contributed by atoms with Gasteiger partial charge in [-0.05, 0) is 36.2 Å². The summed E-state index contributed by atoms with van der Waals surface area (Å²) in [5.41, 5.74) is 2.18. The van der Waals surface area contributed by atoms with Gasteiger partial charge in [-0.2, -0.15) is 0 Å². The van der Waals surface area contributed by atoms with Crippen LogP contribution in [0.15, 0.2) is 42.7 Å². The summed E-state index contributed by atoms with van der Waals surface area (Å²) in [7, 11) is 0. The number of benzene rings is 1. The summed E-state index contributed by atoms with van der Waals surface area (Å²) < 4.78 is 0. The van der Waals surface area contributed by atoms with Crippen LogP contribution in [0.2, 0.25) is 10.0 Å². The molecule has 2 nitrogen and oxygen atoms in total. The van der Waals surface area contributed by atoms with Gasteiger partial charge in [0, 0.05) is 30.5 Å². The Morgan fingerprint density at radius 2 is 2.05 bits per heavy atom. The molecule has 1 aromatic heterocycles. The lowest BCUT2D eigenvalue weighted by Gasteiger charge is -2.25. The average molecular weight is 295 g/mol. The first-order chi connectivity index (χ1) is 9.20. The van der Waals surface area contributed by atoms with Gasteiger partial charge >= 0.3 is 0 Å². The lowest BCUT2D eigenvalue weighted by molar-refractivity contribution is 0.765. The third-order valence-corrected chi connectivity index (χ3v) is 3.38. The van der Waals surface area contributed by atoms with E-state index in [1.165, 1.54) is 5.56 Å². The average Bonchev–Trinajstić information content (AvgIpc) is 2.39. The molecule has 0 N–H and O–H groups in total. The molecule has 0 saturated heterocycles. The van der Waals surface area contributed by atoms with E-state index in [2.05, 4.69) is 22.9 Å². The van der Waals surface area contributed by atoms with Crippen molar-refractivity contribution in [2.75, 3.05) is 11.4 Å². The molecule has 2 rings (SSSR count). The maximum atomic E-state index is 6.28. The lowest BCUT2D eigenvalue weighted by Crippen LogP contribution is -2.23. The molecule has 0 radical (unpaired) electrons. The summed E-state index contributed by atoms with van der Waals surface area (Å²) in [6, 6.07) is 9.64. The van der Waals surface area contributed by atoms with E-state index in [4.69, 9.17) is 23.2 Å². The summed E-state index contributed by atoms with van der Waals surface area (Å²) >= 11 is 12.2. The summed E-state index contributed by atoms with van der Waals surface area (Å²) in [6.07, 6.45) is 4.72. The van der Waals surface area contributed by atoms with Gasteiger partial charge < -0.3 is 4.90 Å². The van der Waals surface area contributed by atoms with Crippen LogP contribution in [0.25, 0.3) is 0 Å². The predicted molar refractivity (Wildman–Crippen MR) is 82.0 cm³/mol. The molecule has 19 heavy (non-hydrogen) atoms. The van der Waals surface area contributed by atoms with Gasteiger partial charge in [-0.3, -0.25) is 4.98 Å². The molecule has 0 bridgehead atoms. The van der Waals surface area contributed by atoms with Crippen molar-refractivity contribution in [1.82, 2.24) is 4.98 Å². The first kappa shape index (κ1) is 14.2. The van der Waals surface area contributed by atoms with Gasteiger partial charge in [0.2, 0.25) is 0 Å².